The van der Waals surface area contributed by atoms with E-state index in [1.54, 1.807) is 13.8 Å². The van der Waals surface area contributed by atoms with E-state index in [1.807, 2.05) is 23.5 Å². The van der Waals surface area contributed by atoms with Crippen LogP contribution in [0.3, 0.4) is 0 Å². The number of thioether (sulfide) groups is 2. The van der Waals surface area contributed by atoms with Crippen molar-refractivity contribution in [2.24, 2.45) is 11.8 Å². The van der Waals surface area contributed by atoms with Crippen LogP contribution in [0.5, 0.6) is 0 Å². The molecule has 0 spiro atoms. The molecule has 0 saturated carbocycles. The fraction of sp³-hybridized carbons (Fsp3) is 1.00. The van der Waals surface area contributed by atoms with Crippen LogP contribution in [0.4, 0.5) is 0 Å². The van der Waals surface area contributed by atoms with Gasteiger partial charge in [-0.2, -0.15) is 0 Å². The van der Waals surface area contributed by atoms with Gasteiger partial charge in [-0.3, -0.25) is 0 Å². The molecular weight excluding hydrogens is 280 g/mol. The van der Waals surface area contributed by atoms with Gasteiger partial charge >= 0.3 is 0 Å². The Balaban J connectivity index is 2.71. The molecule has 1 aliphatic rings. The third kappa shape index (κ3) is 4.03. The summed E-state index contributed by atoms with van der Waals surface area (Å²) < 4.78 is 0.173. The number of hydrogen-bond donors (Lipinski definition) is 3. The molecular formula is C14H28O3S2. The third-order valence-electron chi connectivity index (χ3n) is 4.20. The van der Waals surface area contributed by atoms with E-state index in [0.717, 1.165) is 6.42 Å². The highest BCUT2D eigenvalue weighted by atomic mass is 32.2. The lowest BCUT2D eigenvalue weighted by atomic mass is 9.81. The Morgan fingerprint density at radius 1 is 1.26 bits per heavy atom. The first-order valence-electron chi connectivity index (χ1n) is 7.08. The Morgan fingerprint density at radius 2 is 1.79 bits per heavy atom. The summed E-state index contributed by atoms with van der Waals surface area (Å²) in [6.07, 6.45) is 0.752. The van der Waals surface area contributed by atoms with E-state index in [-0.39, 0.29) is 16.6 Å². The van der Waals surface area contributed by atoms with Gasteiger partial charge in [0.05, 0.1) is 15.8 Å². The first-order chi connectivity index (χ1) is 8.79. The van der Waals surface area contributed by atoms with E-state index in [2.05, 4.69) is 13.8 Å². The SMILES string of the molecule is CCC1([C@H](C)C[C@@](C)(O)[C@H](O)[C@@H](C)CO)SCCS1. The van der Waals surface area contributed by atoms with Crippen molar-refractivity contribution >= 4 is 23.5 Å². The van der Waals surface area contributed by atoms with Gasteiger partial charge in [-0.25, -0.2) is 0 Å². The molecule has 0 radical (unpaired) electrons. The number of hydrogen-bond acceptors (Lipinski definition) is 5. The summed E-state index contributed by atoms with van der Waals surface area (Å²) in [5, 5.41) is 29.8. The maximum absolute atomic E-state index is 10.5. The molecule has 0 aromatic carbocycles. The summed E-state index contributed by atoms with van der Waals surface area (Å²) in [7, 11) is 0. The lowest BCUT2D eigenvalue weighted by molar-refractivity contribution is -0.105. The fourth-order valence-corrected chi connectivity index (χ4v) is 6.25. The van der Waals surface area contributed by atoms with Crippen LogP contribution >= 0.6 is 23.5 Å². The highest BCUT2D eigenvalue weighted by molar-refractivity contribution is 8.21. The first kappa shape index (κ1) is 17.6. The third-order valence-corrected chi connectivity index (χ3v) is 8.34. The highest BCUT2D eigenvalue weighted by Gasteiger charge is 2.44. The Labute approximate surface area is 125 Å². The molecule has 1 rings (SSSR count). The minimum absolute atomic E-state index is 0.103. The summed E-state index contributed by atoms with van der Waals surface area (Å²) in [5.41, 5.74) is -1.15. The van der Waals surface area contributed by atoms with Crippen molar-refractivity contribution in [3.8, 4) is 0 Å². The Morgan fingerprint density at radius 3 is 2.21 bits per heavy atom. The Bertz CT molecular complexity index is 278. The van der Waals surface area contributed by atoms with Gasteiger partial charge in [0.15, 0.2) is 0 Å². The van der Waals surface area contributed by atoms with E-state index >= 15 is 0 Å². The van der Waals surface area contributed by atoms with E-state index in [0.29, 0.717) is 12.3 Å². The van der Waals surface area contributed by atoms with Crippen LogP contribution in [0.25, 0.3) is 0 Å². The second-order valence-electron chi connectivity index (χ2n) is 5.93. The van der Waals surface area contributed by atoms with Gasteiger partial charge in [-0.05, 0) is 25.7 Å². The largest absolute Gasteiger partial charge is 0.396 e. The number of aliphatic hydroxyl groups excluding tert-OH is 2. The summed E-state index contributed by atoms with van der Waals surface area (Å²) in [5.74, 6) is 2.36. The second kappa shape index (κ2) is 7.03. The Kier molecular flexibility index (Phi) is 6.52. The smallest absolute Gasteiger partial charge is 0.0884 e. The quantitative estimate of drug-likeness (QED) is 0.674. The average molecular weight is 309 g/mol. The van der Waals surface area contributed by atoms with Crippen molar-refractivity contribution in [3.63, 3.8) is 0 Å². The predicted molar refractivity (Wildman–Crippen MR) is 84.6 cm³/mol. The zero-order valence-corrected chi connectivity index (χ0v) is 14.1. The van der Waals surface area contributed by atoms with Crippen molar-refractivity contribution in [3.05, 3.63) is 0 Å². The van der Waals surface area contributed by atoms with Crippen molar-refractivity contribution < 1.29 is 15.3 Å². The van der Waals surface area contributed by atoms with Crippen LogP contribution in [0.1, 0.15) is 40.5 Å². The summed E-state index contributed by atoms with van der Waals surface area (Å²) in [6.45, 7) is 7.71. The van der Waals surface area contributed by atoms with Gasteiger partial charge < -0.3 is 15.3 Å². The molecule has 4 atom stereocenters. The molecule has 1 saturated heterocycles. The van der Waals surface area contributed by atoms with Crippen LogP contribution in [-0.4, -0.2) is 49.2 Å². The predicted octanol–water partition coefficient (Wildman–Crippen LogP) is 2.34. The minimum Gasteiger partial charge on any atom is -0.396 e. The maximum atomic E-state index is 10.5. The highest BCUT2D eigenvalue weighted by Crippen LogP contribution is 2.53. The topological polar surface area (TPSA) is 60.7 Å². The van der Waals surface area contributed by atoms with Gasteiger partial charge in [0.1, 0.15) is 0 Å². The molecule has 114 valence electrons. The number of aliphatic hydroxyl groups is 3. The van der Waals surface area contributed by atoms with Crippen molar-refractivity contribution in [2.45, 2.75) is 56.3 Å². The fourth-order valence-electron chi connectivity index (χ4n) is 2.92. The second-order valence-corrected chi connectivity index (χ2v) is 9.04. The van der Waals surface area contributed by atoms with Gasteiger partial charge in [0.2, 0.25) is 0 Å². The molecule has 0 aromatic heterocycles. The molecule has 1 aliphatic heterocycles. The summed E-state index contributed by atoms with van der Waals surface area (Å²) >= 11 is 3.97. The molecule has 19 heavy (non-hydrogen) atoms. The van der Waals surface area contributed by atoms with Crippen LogP contribution in [0, 0.1) is 11.8 Å². The van der Waals surface area contributed by atoms with E-state index in [1.165, 1.54) is 11.5 Å². The zero-order chi connectivity index (χ0) is 14.7. The van der Waals surface area contributed by atoms with Gasteiger partial charge in [-0.15, -0.1) is 23.5 Å². The normalized spacial score (nSPS) is 26.7. The molecule has 1 fully saturated rings. The standard InChI is InChI=1S/C14H28O3S2/c1-5-14(18-6-7-19-14)11(3)8-13(4,17)12(16)10(2)9-15/h10-12,15-17H,5-9H2,1-4H3/t10-,11+,12+,13+/m0/s1. The molecule has 0 amide bonds. The minimum atomic E-state index is -1.15. The lowest BCUT2D eigenvalue weighted by Gasteiger charge is -2.40. The zero-order valence-electron chi connectivity index (χ0n) is 12.4. The summed E-state index contributed by atoms with van der Waals surface area (Å²) in [6, 6.07) is 0. The first-order valence-corrected chi connectivity index (χ1v) is 9.05. The summed E-state index contributed by atoms with van der Waals surface area (Å²) in [4.78, 5) is 0. The maximum Gasteiger partial charge on any atom is 0.0884 e. The van der Waals surface area contributed by atoms with Crippen LogP contribution < -0.4 is 0 Å². The Hall–Kier alpha value is 0.580. The molecule has 0 aromatic rings. The van der Waals surface area contributed by atoms with E-state index < -0.39 is 11.7 Å². The molecule has 0 aliphatic carbocycles. The van der Waals surface area contributed by atoms with Gasteiger partial charge in [0.25, 0.3) is 0 Å². The lowest BCUT2D eigenvalue weighted by Crippen LogP contribution is -2.47. The molecule has 0 bridgehead atoms. The molecule has 3 nitrogen and oxygen atoms in total. The van der Waals surface area contributed by atoms with Crippen LogP contribution in [0.2, 0.25) is 0 Å². The van der Waals surface area contributed by atoms with Gasteiger partial charge in [-0.1, -0.05) is 20.8 Å². The molecule has 1 heterocycles. The van der Waals surface area contributed by atoms with Gasteiger partial charge in [0, 0.05) is 24.0 Å². The van der Waals surface area contributed by atoms with Crippen LogP contribution in [0.15, 0.2) is 0 Å². The van der Waals surface area contributed by atoms with Crippen molar-refractivity contribution in [1.82, 2.24) is 0 Å². The average Bonchev–Trinajstić information content (AvgIpc) is 2.86. The molecule has 5 heteroatoms. The molecule has 3 N–H and O–H groups in total. The van der Waals surface area contributed by atoms with E-state index in [9.17, 15) is 10.2 Å². The van der Waals surface area contributed by atoms with Crippen molar-refractivity contribution in [1.29, 1.82) is 0 Å². The monoisotopic (exact) mass is 308 g/mol. The van der Waals surface area contributed by atoms with Crippen molar-refractivity contribution in [2.75, 3.05) is 18.1 Å². The number of rotatable bonds is 7. The molecule has 0 unspecified atom stereocenters. The van der Waals surface area contributed by atoms with E-state index in [4.69, 9.17) is 5.11 Å². The van der Waals surface area contributed by atoms with Crippen LogP contribution in [-0.2, 0) is 0 Å².